The number of aromatic nitrogens is 7. The van der Waals surface area contributed by atoms with Gasteiger partial charge in [0.05, 0.1) is 0 Å². The Balaban J connectivity index is 0.000000164. The smallest absolute Gasteiger partial charge is 0.201 e. The van der Waals surface area contributed by atoms with Crippen LogP contribution in [-0.4, -0.2) is 0 Å². The highest BCUT2D eigenvalue weighted by molar-refractivity contribution is 5.68. The third-order valence-electron chi connectivity index (χ3n) is 20.9. The van der Waals surface area contributed by atoms with Gasteiger partial charge in [-0.2, -0.15) is 4.57 Å². The van der Waals surface area contributed by atoms with Crippen LogP contribution >= 0.6 is 0 Å². The first-order valence-corrected chi connectivity index (χ1v) is 37.9. The first-order chi connectivity index (χ1) is 53.2. The van der Waals surface area contributed by atoms with Crippen molar-refractivity contribution < 1.29 is 36.1 Å². The molecule has 7 aromatic heterocycles. The van der Waals surface area contributed by atoms with Crippen LogP contribution in [-0.2, 0) is 49.3 Å². The third kappa shape index (κ3) is 21.7. The van der Waals surface area contributed by atoms with Crippen molar-refractivity contribution in [3.8, 4) is 78.8 Å². The largest absolute Gasteiger partial charge is 0.215 e. The van der Waals surface area contributed by atoms with Crippen molar-refractivity contribution in [3.05, 3.63) is 374 Å². The van der Waals surface area contributed by atoms with Gasteiger partial charge in [-0.3, -0.25) is 0 Å². The molecule has 0 radical (unpaired) electrons. The normalized spacial score (nSPS) is 11.0. The zero-order valence-corrected chi connectivity index (χ0v) is 69.6. The van der Waals surface area contributed by atoms with Crippen LogP contribution in [0.15, 0.2) is 274 Å². The Hall–Kier alpha value is -11.4. The van der Waals surface area contributed by atoms with Crippen LogP contribution in [0.25, 0.3) is 78.8 Å². The van der Waals surface area contributed by atoms with Gasteiger partial charge in [0.25, 0.3) is 0 Å². The maximum Gasteiger partial charge on any atom is 0.215 e. The molecule has 7 heteroatoms. The Kier molecular flexibility index (Phi) is 28.1. The average Bonchev–Trinajstić information content (AvgIpc) is 0.791. The van der Waals surface area contributed by atoms with E-state index in [0.717, 1.165) is 11.3 Å². The fraction of sp³-hybridized carbons (Fsp3) is 0.245. The maximum absolute atomic E-state index is 7.41. The molecule has 0 aliphatic heterocycles. The Morgan fingerprint density at radius 3 is 0.972 bits per heavy atom. The lowest BCUT2D eigenvalue weighted by atomic mass is 9.97. The summed E-state index contributed by atoms with van der Waals surface area (Å²) in [6.45, 7) is 34.6. The molecule has 0 saturated heterocycles. The molecule has 109 heavy (non-hydrogen) atoms. The summed E-state index contributed by atoms with van der Waals surface area (Å²) in [5.74, 6) is 0. The monoisotopic (exact) mass is 1450 g/mol. The van der Waals surface area contributed by atoms with E-state index < -0.39 is 6.85 Å². The summed E-state index contributed by atoms with van der Waals surface area (Å²) in [5, 5.41) is 0. The van der Waals surface area contributed by atoms with E-state index in [4.69, 9.17) is 4.11 Å². The molecule has 7 heterocycles. The van der Waals surface area contributed by atoms with Gasteiger partial charge in [-0.15, -0.1) is 0 Å². The summed E-state index contributed by atoms with van der Waals surface area (Å²) in [4.78, 5) is 0. The van der Waals surface area contributed by atoms with Crippen LogP contribution in [0.2, 0.25) is 0 Å². The molecule has 0 spiro atoms. The van der Waals surface area contributed by atoms with Gasteiger partial charge in [0, 0.05) is 132 Å². The van der Waals surface area contributed by atoms with Crippen molar-refractivity contribution in [2.24, 2.45) is 49.3 Å². The van der Waals surface area contributed by atoms with Crippen LogP contribution in [0.4, 0.5) is 0 Å². The van der Waals surface area contributed by atoms with Gasteiger partial charge in [0.2, 0.25) is 39.9 Å². The number of hydrogen-bond donors (Lipinski definition) is 0. The Morgan fingerprint density at radius 2 is 0.569 bits per heavy atom. The number of pyridine rings is 7. The van der Waals surface area contributed by atoms with Gasteiger partial charge in [-0.25, -0.2) is 27.4 Å². The van der Waals surface area contributed by atoms with E-state index in [0.29, 0.717) is 5.56 Å². The van der Waals surface area contributed by atoms with Gasteiger partial charge in [-0.05, 0) is 239 Å². The van der Waals surface area contributed by atoms with Gasteiger partial charge in [-0.1, -0.05) is 127 Å². The van der Waals surface area contributed by atoms with Crippen molar-refractivity contribution in [1.29, 1.82) is 0 Å². The van der Waals surface area contributed by atoms with Crippen LogP contribution in [0.1, 0.15) is 104 Å². The number of rotatable bonds is 7. The Morgan fingerprint density at radius 1 is 0.211 bits per heavy atom. The summed E-state index contributed by atoms with van der Waals surface area (Å²) in [6, 6.07) is 82.2. The second-order valence-corrected chi connectivity index (χ2v) is 29.4. The minimum Gasteiger partial charge on any atom is -0.201 e. The molecule has 0 aliphatic rings. The molecule has 0 saturated carbocycles. The standard InChI is InChI=1S/C16H20N.2C15H18N.4C14H16N/c1-11-8-6-7-9-15(11)16-14(4)13(3)12(2)10-17(16)5;2*1-11-7-5-6-8-14(11)15-9-12(2)13(3)10-16(15)4;1-11-7-4-5-9-13(11)14-12(2)8-6-10-15(14)3;1-11-7-4-5-9-13(11)14-10-6-8-12(2)15(14)3;1-11-8-9-15(3)14(10-11)13-7-5-4-6-12(13)2;1-11-8-9-14(15(3)10-11)13-7-5-4-6-12(13)2/h6-10H,1-5H3;2*5-10H,1-4H3;4*4-10H,1-3H3/q7*+1/i;;;;;;1D3. The number of nitrogens with zero attached hydrogens (tertiary/aromatic N) is 7. The van der Waals surface area contributed by atoms with Crippen molar-refractivity contribution >= 4 is 0 Å². The highest BCUT2D eigenvalue weighted by Crippen LogP contribution is 2.29. The summed E-state index contributed by atoms with van der Waals surface area (Å²) in [6.07, 6.45) is 12.5. The molecule has 0 atom stereocenters. The predicted octanol–water partition coefficient (Wildman–Crippen LogP) is 20.8. The lowest BCUT2D eigenvalue weighted by molar-refractivity contribution is -0.666. The van der Waals surface area contributed by atoms with Crippen molar-refractivity contribution in [3.63, 3.8) is 0 Å². The topological polar surface area (TPSA) is 27.2 Å². The van der Waals surface area contributed by atoms with E-state index >= 15 is 0 Å². The SMILES string of the molecule is Cc1cc(-c2ccccc2C)[n+](C)cc1C.Cc1cc(-c2ccccc2C)[n+](C)cc1C.Cc1cc[n+](C)c(-c2ccccc2C)c1.Cc1ccccc1-c1c(C)c(C)c(C)c[n+]1C.Cc1ccccc1-c1c(C)ccc[n+]1C.Cc1ccccc1-c1cccc(C)[n+]1C.[2H]C([2H])([2H])c1ccc(-c2ccccc2C)[n+](C)c1. The molecule has 0 bridgehead atoms. The molecule has 0 fully saturated rings. The molecule has 7 nitrogen and oxygen atoms in total. The van der Waals surface area contributed by atoms with Crippen LogP contribution < -0.4 is 32.0 Å². The quantitative estimate of drug-likeness (QED) is 0.142. The molecular formula is C102H120N7+7. The van der Waals surface area contributed by atoms with E-state index in [1.807, 2.05) is 48.9 Å². The first-order valence-electron chi connectivity index (χ1n) is 39.4. The lowest BCUT2D eigenvalue weighted by Gasteiger charge is -2.10. The minimum atomic E-state index is -2.05. The highest BCUT2D eigenvalue weighted by Gasteiger charge is 2.21. The predicted molar refractivity (Wildman–Crippen MR) is 457 cm³/mol. The van der Waals surface area contributed by atoms with Crippen LogP contribution in [0.3, 0.4) is 0 Å². The Bertz CT molecular complexity index is 5430. The molecule has 7 aromatic carbocycles. The van der Waals surface area contributed by atoms with E-state index in [-0.39, 0.29) is 0 Å². The van der Waals surface area contributed by atoms with Crippen LogP contribution in [0, 0.1) is 125 Å². The summed E-state index contributed by atoms with van der Waals surface area (Å²) >= 11 is 0. The zero-order valence-electron chi connectivity index (χ0n) is 72.6. The highest BCUT2D eigenvalue weighted by atomic mass is 15.0. The molecule has 14 aromatic rings. The molecular weight excluding hydrogens is 1320 g/mol. The van der Waals surface area contributed by atoms with Gasteiger partial charge in [0.1, 0.15) is 49.3 Å². The van der Waals surface area contributed by atoms with Crippen molar-refractivity contribution in [2.75, 3.05) is 0 Å². The minimum absolute atomic E-state index is 0.363. The van der Waals surface area contributed by atoms with E-state index in [2.05, 4.69) is 412 Å². The fourth-order valence-electron chi connectivity index (χ4n) is 13.8. The van der Waals surface area contributed by atoms with E-state index in [9.17, 15) is 0 Å². The second kappa shape index (κ2) is 38.9. The second-order valence-electron chi connectivity index (χ2n) is 29.4. The molecule has 0 amide bonds. The maximum atomic E-state index is 7.41. The average molecular weight is 1450 g/mol. The summed E-state index contributed by atoms with van der Waals surface area (Å²) < 4.78 is 37.3. The van der Waals surface area contributed by atoms with Gasteiger partial charge >= 0.3 is 0 Å². The van der Waals surface area contributed by atoms with Crippen molar-refractivity contribution in [1.82, 2.24) is 0 Å². The lowest BCUT2D eigenvalue weighted by Crippen LogP contribution is -2.34. The molecule has 0 N–H and O–H groups in total. The summed E-state index contributed by atoms with van der Waals surface area (Å²) in [5.41, 5.74) is 40.6. The molecule has 14 rings (SSSR count). The molecule has 556 valence electrons. The summed E-state index contributed by atoms with van der Waals surface area (Å²) in [7, 11) is 14.5. The van der Waals surface area contributed by atoms with E-state index in [1.165, 1.54) is 162 Å². The molecule has 0 unspecified atom stereocenters. The van der Waals surface area contributed by atoms with E-state index in [1.54, 1.807) is 12.3 Å². The van der Waals surface area contributed by atoms with Crippen LogP contribution in [0.5, 0.6) is 0 Å². The fourth-order valence-corrected chi connectivity index (χ4v) is 13.8. The van der Waals surface area contributed by atoms with Crippen molar-refractivity contribution in [2.45, 2.75) is 125 Å². The van der Waals surface area contributed by atoms with Gasteiger partial charge < -0.3 is 0 Å². The van der Waals surface area contributed by atoms with Gasteiger partial charge in [0.15, 0.2) is 42.9 Å². The third-order valence-corrected chi connectivity index (χ3v) is 20.9. The zero-order chi connectivity index (χ0) is 81.8. The molecule has 0 aliphatic carbocycles. The number of aryl methyl sites for hydroxylation is 22. The first kappa shape index (κ1) is 78.7. The Labute approximate surface area is 659 Å². The number of hydrogen-bond acceptors (Lipinski definition) is 0. The number of benzene rings is 7.